The van der Waals surface area contributed by atoms with E-state index in [1.165, 1.54) is 30.5 Å². The van der Waals surface area contributed by atoms with Gasteiger partial charge in [-0.3, -0.25) is 9.59 Å². The van der Waals surface area contributed by atoms with Gasteiger partial charge in [0.1, 0.15) is 6.04 Å². The maximum atomic E-state index is 12.3. The van der Waals surface area contributed by atoms with Crippen molar-refractivity contribution in [3.63, 3.8) is 0 Å². The molecular weight excluding hydrogens is 320 g/mol. The van der Waals surface area contributed by atoms with E-state index in [2.05, 4.69) is 5.32 Å². The predicted octanol–water partition coefficient (Wildman–Crippen LogP) is 0.727. The highest BCUT2D eigenvalue weighted by molar-refractivity contribution is 7.99. The number of amides is 2. The van der Waals surface area contributed by atoms with Crippen LogP contribution in [0, 0.1) is 0 Å². The van der Waals surface area contributed by atoms with E-state index in [4.69, 9.17) is 9.84 Å². The maximum absolute atomic E-state index is 12.3. The maximum Gasteiger partial charge on any atom is 0.326 e. The van der Waals surface area contributed by atoms with Crippen LogP contribution in [-0.2, 0) is 19.1 Å². The molecule has 0 aromatic rings. The molecule has 2 N–H and O–H groups in total. The summed E-state index contributed by atoms with van der Waals surface area (Å²) in [7, 11) is 0. The van der Waals surface area contributed by atoms with Gasteiger partial charge in [-0.25, -0.2) is 4.79 Å². The lowest BCUT2D eigenvalue weighted by Gasteiger charge is -2.27. The first-order chi connectivity index (χ1) is 10.9. The number of hydrogen-bond donors (Lipinski definition) is 2. The van der Waals surface area contributed by atoms with Crippen molar-refractivity contribution in [3.8, 4) is 0 Å². The largest absolute Gasteiger partial charge is 0.480 e. The van der Waals surface area contributed by atoms with E-state index >= 15 is 0 Å². The van der Waals surface area contributed by atoms with Crippen LogP contribution >= 0.6 is 11.8 Å². The summed E-state index contributed by atoms with van der Waals surface area (Å²) in [6.07, 6.45) is 3.44. The molecule has 1 fully saturated rings. The molecule has 1 saturated heterocycles. The van der Waals surface area contributed by atoms with Crippen molar-refractivity contribution in [3.05, 3.63) is 0 Å². The molecule has 0 aromatic carbocycles. The van der Waals surface area contributed by atoms with Crippen LogP contribution in [-0.4, -0.2) is 71.1 Å². The summed E-state index contributed by atoms with van der Waals surface area (Å²) in [5, 5.41) is 11.7. The van der Waals surface area contributed by atoms with Crippen molar-refractivity contribution in [2.24, 2.45) is 0 Å². The summed E-state index contributed by atoms with van der Waals surface area (Å²) in [6.45, 7) is 4.06. The van der Waals surface area contributed by atoms with Crippen LogP contribution in [0.4, 0.5) is 0 Å². The highest BCUT2D eigenvalue weighted by Crippen LogP contribution is 2.17. The first kappa shape index (κ1) is 19.8. The Morgan fingerprint density at radius 1 is 1.39 bits per heavy atom. The first-order valence-electron chi connectivity index (χ1n) is 7.88. The predicted molar refractivity (Wildman–Crippen MR) is 88.4 cm³/mol. The van der Waals surface area contributed by atoms with E-state index in [1.54, 1.807) is 0 Å². The number of ether oxygens (including phenoxy) is 1. The van der Waals surface area contributed by atoms with Crippen molar-refractivity contribution in [1.82, 2.24) is 10.2 Å². The van der Waals surface area contributed by atoms with Crippen molar-refractivity contribution in [2.45, 2.75) is 45.3 Å². The lowest BCUT2D eigenvalue weighted by atomic mass is 10.1. The summed E-state index contributed by atoms with van der Waals surface area (Å²) >= 11 is 1.47. The number of carboxylic acids is 1. The molecule has 2 amide bonds. The number of carbonyl (C=O) groups is 3. The Morgan fingerprint density at radius 2 is 2.13 bits per heavy atom. The Bertz CT molecular complexity index is 413. The summed E-state index contributed by atoms with van der Waals surface area (Å²) in [5.41, 5.74) is 0. The molecule has 1 heterocycles. The van der Waals surface area contributed by atoms with Crippen LogP contribution in [0.2, 0.25) is 0 Å². The smallest absolute Gasteiger partial charge is 0.326 e. The van der Waals surface area contributed by atoms with Gasteiger partial charge in [-0.05, 0) is 26.2 Å². The van der Waals surface area contributed by atoms with Crippen LogP contribution in [0.3, 0.4) is 0 Å². The second-order valence-corrected chi connectivity index (χ2v) is 6.62. The molecule has 0 bridgehead atoms. The van der Waals surface area contributed by atoms with Gasteiger partial charge in [0.2, 0.25) is 11.8 Å². The Hall–Kier alpha value is -1.28. The molecule has 2 atom stereocenters. The Morgan fingerprint density at radius 3 is 2.70 bits per heavy atom. The van der Waals surface area contributed by atoms with Gasteiger partial charge in [0, 0.05) is 32.4 Å². The van der Waals surface area contributed by atoms with Crippen LogP contribution in [0.15, 0.2) is 0 Å². The molecule has 8 heteroatoms. The number of hydrogen-bond acceptors (Lipinski definition) is 5. The molecule has 0 radical (unpaired) electrons. The fraction of sp³-hybridized carbons (Fsp3) is 0.800. The molecule has 23 heavy (non-hydrogen) atoms. The number of aliphatic carboxylic acids is 1. The van der Waals surface area contributed by atoms with E-state index in [1.807, 2.05) is 0 Å². The monoisotopic (exact) mass is 346 g/mol. The minimum atomic E-state index is -1.05. The van der Waals surface area contributed by atoms with Crippen molar-refractivity contribution in [2.75, 3.05) is 31.2 Å². The van der Waals surface area contributed by atoms with Gasteiger partial charge in [-0.1, -0.05) is 0 Å². The number of nitrogens with zero attached hydrogens (tertiary/aromatic N) is 1. The van der Waals surface area contributed by atoms with Crippen LogP contribution in [0.5, 0.6) is 0 Å². The quantitative estimate of drug-likeness (QED) is 0.639. The molecule has 1 rings (SSSR count). The molecule has 132 valence electrons. The van der Waals surface area contributed by atoms with Gasteiger partial charge in [0.25, 0.3) is 0 Å². The zero-order chi connectivity index (χ0) is 17.2. The normalized spacial score (nSPS) is 19.0. The second-order valence-electron chi connectivity index (χ2n) is 5.59. The zero-order valence-electron chi connectivity index (χ0n) is 13.7. The van der Waals surface area contributed by atoms with E-state index in [0.29, 0.717) is 0 Å². The molecule has 0 spiro atoms. The topological polar surface area (TPSA) is 95.9 Å². The summed E-state index contributed by atoms with van der Waals surface area (Å²) in [6, 6.07) is -0.914. The summed E-state index contributed by atoms with van der Waals surface area (Å²) in [5.74, 6) is -0.526. The van der Waals surface area contributed by atoms with Crippen molar-refractivity contribution in [1.29, 1.82) is 0 Å². The van der Waals surface area contributed by atoms with E-state index < -0.39 is 12.0 Å². The number of thioether (sulfide) groups is 1. The summed E-state index contributed by atoms with van der Waals surface area (Å²) < 4.78 is 5.61. The molecule has 2 unspecified atom stereocenters. The molecule has 0 aromatic heterocycles. The lowest BCUT2D eigenvalue weighted by Crippen LogP contribution is -2.47. The number of carboxylic acid groups (broad SMARTS) is 1. The van der Waals surface area contributed by atoms with Crippen LogP contribution in [0.1, 0.15) is 33.1 Å². The highest BCUT2D eigenvalue weighted by atomic mass is 32.2. The molecule has 0 saturated carbocycles. The van der Waals surface area contributed by atoms with Crippen molar-refractivity contribution < 1.29 is 24.2 Å². The third-order valence-electron chi connectivity index (χ3n) is 3.68. The Kier molecular flexibility index (Phi) is 9.01. The van der Waals surface area contributed by atoms with Gasteiger partial charge in [-0.15, -0.1) is 11.8 Å². The first-order valence-corrected chi connectivity index (χ1v) is 9.03. The van der Waals surface area contributed by atoms with Crippen molar-refractivity contribution >= 4 is 29.5 Å². The lowest BCUT2D eigenvalue weighted by molar-refractivity contribution is -0.148. The summed E-state index contributed by atoms with van der Waals surface area (Å²) in [4.78, 5) is 35.6. The minimum absolute atomic E-state index is 0.186. The van der Waals surface area contributed by atoms with Gasteiger partial charge in [0.15, 0.2) is 0 Å². The van der Waals surface area contributed by atoms with Gasteiger partial charge >= 0.3 is 5.97 Å². The molecular formula is C15H26N2O5S. The van der Waals surface area contributed by atoms with E-state index in [9.17, 15) is 14.4 Å². The van der Waals surface area contributed by atoms with Gasteiger partial charge < -0.3 is 20.1 Å². The average molecular weight is 346 g/mol. The molecule has 0 aliphatic carbocycles. The molecule has 1 aliphatic heterocycles. The van der Waals surface area contributed by atoms with Crippen LogP contribution in [0.25, 0.3) is 0 Å². The molecule has 1 aliphatic rings. The van der Waals surface area contributed by atoms with Gasteiger partial charge in [0.05, 0.1) is 11.9 Å². The number of carbonyl (C=O) groups excluding carboxylic acids is 2. The fourth-order valence-corrected chi connectivity index (χ4v) is 3.30. The third-order valence-corrected chi connectivity index (χ3v) is 4.73. The highest BCUT2D eigenvalue weighted by Gasteiger charge is 2.25. The Labute approximate surface area is 141 Å². The minimum Gasteiger partial charge on any atom is -0.480 e. The Balaban J connectivity index is 2.42. The van der Waals surface area contributed by atoms with E-state index in [-0.39, 0.29) is 36.8 Å². The molecule has 7 nitrogen and oxygen atoms in total. The van der Waals surface area contributed by atoms with Crippen LogP contribution < -0.4 is 5.32 Å². The second kappa shape index (κ2) is 10.5. The van der Waals surface area contributed by atoms with E-state index in [0.717, 1.165) is 31.6 Å². The average Bonchev–Trinajstić information content (AvgIpc) is 2.51. The van der Waals surface area contributed by atoms with Gasteiger partial charge in [-0.2, -0.15) is 0 Å². The number of rotatable bonds is 9. The zero-order valence-corrected chi connectivity index (χ0v) is 14.6. The fourth-order valence-electron chi connectivity index (χ4n) is 2.32. The number of nitrogens with one attached hydrogen (secondary N) is 1. The standard InChI is InChI=1S/C15H26N2O5S/c1-11(15(20)21)17(7-6-16-12(2)18)14(19)10-23-9-13-5-3-4-8-22-13/h11,13H,3-10H2,1-2H3,(H,16,18)(H,20,21). The SMILES string of the molecule is CC(=O)NCCN(C(=O)CSCC1CCCCO1)C(C)C(=O)O. The third kappa shape index (κ3) is 7.69.